The molecule has 1 atom stereocenters. The number of hydrogen-bond donors (Lipinski definition) is 2. The van der Waals surface area contributed by atoms with Gasteiger partial charge in [0.1, 0.15) is 0 Å². The highest BCUT2D eigenvalue weighted by molar-refractivity contribution is 7.99. The average molecular weight is 319 g/mol. The first kappa shape index (κ1) is 15.9. The minimum atomic E-state index is -0.716. The van der Waals surface area contributed by atoms with E-state index in [1.54, 1.807) is 11.8 Å². The lowest BCUT2D eigenvalue weighted by atomic mass is 9.77. The Balaban J connectivity index is 1.77. The van der Waals surface area contributed by atoms with E-state index < -0.39 is 11.0 Å². The fourth-order valence-electron chi connectivity index (χ4n) is 3.72. The van der Waals surface area contributed by atoms with Crippen LogP contribution in [0.4, 0.5) is 0 Å². The van der Waals surface area contributed by atoms with Crippen LogP contribution in [0.2, 0.25) is 0 Å². The maximum Gasteiger partial charge on any atom is 0.230 e. The van der Waals surface area contributed by atoms with Crippen molar-refractivity contribution in [1.82, 2.24) is 5.32 Å². The second-order valence-electron chi connectivity index (χ2n) is 6.87. The highest BCUT2D eigenvalue weighted by Crippen LogP contribution is 2.41. The molecule has 22 heavy (non-hydrogen) atoms. The largest absolute Gasteiger partial charge is 0.387 e. The van der Waals surface area contributed by atoms with E-state index in [0.29, 0.717) is 6.54 Å². The van der Waals surface area contributed by atoms with Crippen LogP contribution in [0.15, 0.2) is 24.3 Å². The van der Waals surface area contributed by atoms with Crippen LogP contribution in [-0.4, -0.2) is 34.7 Å². The summed E-state index contributed by atoms with van der Waals surface area (Å²) in [7, 11) is 0. The number of aryl methyl sites for hydroxylation is 1. The molecule has 1 amide bonds. The van der Waals surface area contributed by atoms with E-state index in [1.165, 1.54) is 5.56 Å². The summed E-state index contributed by atoms with van der Waals surface area (Å²) in [6.45, 7) is 2.45. The first-order chi connectivity index (χ1) is 10.5. The van der Waals surface area contributed by atoms with Crippen molar-refractivity contribution in [2.24, 2.45) is 0 Å². The summed E-state index contributed by atoms with van der Waals surface area (Å²) in [5, 5.41) is 13.5. The van der Waals surface area contributed by atoms with Crippen LogP contribution in [0, 0.1) is 6.92 Å². The molecule has 3 nitrogen and oxygen atoms in total. The first-order valence-corrected chi connectivity index (χ1v) is 9.35. The van der Waals surface area contributed by atoms with E-state index in [1.807, 2.05) is 6.07 Å². The van der Waals surface area contributed by atoms with E-state index >= 15 is 0 Å². The molecule has 0 radical (unpaired) electrons. The molecule has 1 heterocycles. The number of aliphatic hydroxyl groups is 1. The van der Waals surface area contributed by atoms with Gasteiger partial charge in [-0.25, -0.2) is 0 Å². The average Bonchev–Trinajstić information content (AvgIpc) is 3.15. The molecule has 1 aliphatic heterocycles. The van der Waals surface area contributed by atoms with Gasteiger partial charge in [-0.1, -0.05) is 42.7 Å². The van der Waals surface area contributed by atoms with E-state index in [2.05, 4.69) is 30.4 Å². The summed E-state index contributed by atoms with van der Waals surface area (Å²) >= 11 is 1.76. The Morgan fingerprint density at radius 3 is 2.73 bits per heavy atom. The normalized spacial score (nSPS) is 27.0. The molecule has 2 aliphatic rings. The third-order valence-electron chi connectivity index (χ3n) is 5.12. The fourth-order valence-corrected chi connectivity index (χ4v) is 5.01. The lowest BCUT2D eigenvalue weighted by Gasteiger charge is -2.31. The second-order valence-corrected chi connectivity index (χ2v) is 7.97. The van der Waals surface area contributed by atoms with E-state index in [-0.39, 0.29) is 5.91 Å². The molecule has 1 saturated heterocycles. The topological polar surface area (TPSA) is 49.3 Å². The highest BCUT2D eigenvalue weighted by Gasteiger charge is 2.43. The summed E-state index contributed by atoms with van der Waals surface area (Å²) in [6, 6.07) is 8.34. The summed E-state index contributed by atoms with van der Waals surface area (Å²) in [4.78, 5) is 12.9. The summed E-state index contributed by atoms with van der Waals surface area (Å²) in [5.41, 5.74) is 1.22. The van der Waals surface area contributed by atoms with Crippen molar-refractivity contribution in [3.63, 3.8) is 0 Å². The molecule has 1 saturated carbocycles. The molecule has 120 valence electrons. The number of carbonyl (C=O) groups excluding carboxylic acids is 1. The molecule has 2 fully saturated rings. The molecule has 1 unspecified atom stereocenters. The number of carbonyl (C=O) groups is 1. The minimum Gasteiger partial charge on any atom is -0.387 e. The number of hydrogen-bond acceptors (Lipinski definition) is 3. The van der Waals surface area contributed by atoms with Crippen LogP contribution in [-0.2, 0) is 10.2 Å². The maximum atomic E-state index is 12.9. The Bertz CT molecular complexity index is 546. The van der Waals surface area contributed by atoms with Crippen LogP contribution in [0.1, 0.15) is 43.2 Å². The SMILES string of the molecule is Cc1cccc(C2(C(=O)NCC3(O)CCSC3)CCCC2)c1. The molecular formula is C18H25NO2S. The molecule has 0 spiro atoms. The molecule has 0 bridgehead atoms. The monoisotopic (exact) mass is 319 g/mol. The fraction of sp³-hybridized carbons (Fsp3) is 0.611. The second kappa shape index (κ2) is 6.25. The van der Waals surface area contributed by atoms with Crippen molar-refractivity contribution in [1.29, 1.82) is 0 Å². The molecule has 1 aliphatic carbocycles. The van der Waals surface area contributed by atoms with Gasteiger partial charge in [0, 0.05) is 12.3 Å². The highest BCUT2D eigenvalue weighted by atomic mass is 32.2. The summed E-state index contributed by atoms with van der Waals surface area (Å²) < 4.78 is 0. The molecular weight excluding hydrogens is 294 g/mol. The quantitative estimate of drug-likeness (QED) is 0.897. The lowest BCUT2D eigenvalue weighted by molar-refractivity contribution is -0.127. The first-order valence-electron chi connectivity index (χ1n) is 8.20. The smallest absolute Gasteiger partial charge is 0.230 e. The van der Waals surface area contributed by atoms with Crippen molar-refractivity contribution >= 4 is 17.7 Å². The van der Waals surface area contributed by atoms with Crippen molar-refractivity contribution in [3.8, 4) is 0 Å². The summed E-state index contributed by atoms with van der Waals surface area (Å²) in [5.74, 6) is 1.81. The molecule has 1 aromatic carbocycles. The molecule has 1 aromatic rings. The van der Waals surface area contributed by atoms with Crippen LogP contribution in [0.3, 0.4) is 0 Å². The van der Waals surface area contributed by atoms with E-state index in [9.17, 15) is 9.90 Å². The van der Waals surface area contributed by atoms with Crippen LogP contribution >= 0.6 is 11.8 Å². The van der Waals surface area contributed by atoms with Gasteiger partial charge in [0.05, 0.1) is 11.0 Å². The Labute approximate surface area is 136 Å². The van der Waals surface area contributed by atoms with Gasteiger partial charge < -0.3 is 10.4 Å². The standard InChI is InChI=1S/C18H25NO2S/c1-14-5-4-6-15(11-14)18(7-2-3-8-18)16(20)19-12-17(21)9-10-22-13-17/h4-6,11,21H,2-3,7-10,12-13H2,1H3,(H,19,20). The Morgan fingerprint density at radius 2 is 2.09 bits per heavy atom. The van der Waals surface area contributed by atoms with Gasteiger partial charge in [-0.15, -0.1) is 0 Å². The van der Waals surface area contributed by atoms with E-state index in [4.69, 9.17) is 0 Å². The van der Waals surface area contributed by atoms with Crippen molar-refractivity contribution in [2.45, 2.75) is 50.0 Å². The number of amides is 1. The van der Waals surface area contributed by atoms with Crippen molar-refractivity contribution in [3.05, 3.63) is 35.4 Å². The lowest BCUT2D eigenvalue weighted by Crippen LogP contribution is -2.49. The Hall–Kier alpha value is -1.00. The molecule has 3 rings (SSSR count). The van der Waals surface area contributed by atoms with Gasteiger partial charge >= 0.3 is 0 Å². The molecule has 2 N–H and O–H groups in total. The van der Waals surface area contributed by atoms with Crippen LogP contribution in [0.5, 0.6) is 0 Å². The zero-order valence-corrected chi connectivity index (χ0v) is 14.0. The number of thioether (sulfide) groups is 1. The Kier molecular flexibility index (Phi) is 4.51. The molecule has 4 heteroatoms. The van der Waals surface area contributed by atoms with Gasteiger partial charge in [-0.3, -0.25) is 4.79 Å². The van der Waals surface area contributed by atoms with Crippen LogP contribution < -0.4 is 5.32 Å². The van der Waals surface area contributed by atoms with E-state index in [0.717, 1.165) is 49.2 Å². The predicted octanol–water partition coefficient (Wildman–Crippen LogP) is 2.79. The van der Waals surface area contributed by atoms with Gasteiger partial charge in [-0.05, 0) is 37.5 Å². The Morgan fingerprint density at radius 1 is 1.32 bits per heavy atom. The predicted molar refractivity (Wildman–Crippen MR) is 91.2 cm³/mol. The minimum absolute atomic E-state index is 0.0981. The van der Waals surface area contributed by atoms with Crippen molar-refractivity contribution in [2.75, 3.05) is 18.1 Å². The third-order valence-corrected chi connectivity index (χ3v) is 6.36. The van der Waals surface area contributed by atoms with Gasteiger partial charge in [-0.2, -0.15) is 11.8 Å². The molecule has 0 aromatic heterocycles. The van der Waals surface area contributed by atoms with Crippen LogP contribution in [0.25, 0.3) is 0 Å². The van der Waals surface area contributed by atoms with Crippen molar-refractivity contribution < 1.29 is 9.90 Å². The number of rotatable bonds is 4. The number of benzene rings is 1. The summed E-state index contributed by atoms with van der Waals surface area (Å²) in [6.07, 6.45) is 4.79. The van der Waals surface area contributed by atoms with Gasteiger partial charge in [0.25, 0.3) is 0 Å². The third kappa shape index (κ3) is 3.04. The zero-order chi connectivity index (χ0) is 15.6. The van der Waals surface area contributed by atoms with Gasteiger partial charge in [0.2, 0.25) is 5.91 Å². The maximum absolute atomic E-state index is 12.9. The van der Waals surface area contributed by atoms with Gasteiger partial charge in [0.15, 0.2) is 0 Å². The number of nitrogens with one attached hydrogen (secondary N) is 1. The zero-order valence-electron chi connectivity index (χ0n) is 13.2.